The molecule has 0 bridgehead atoms. The standard InChI is InChI=1S/C27H21F4N3O4/c28-21-8-6-17(13-20(21)27(29,30)31)16-7-9-22-19(12-16)26(37)34-11-10-33(14-23(34)25(36)32-22)24(35)15-38-18-4-2-1-3-5-18/h1-9,12-13,23H,10-11,14-15H2,(H,32,36). The highest BCUT2D eigenvalue weighted by Gasteiger charge is 2.40. The van der Waals surface area contributed by atoms with Crippen LogP contribution in [0.25, 0.3) is 11.1 Å². The molecule has 0 aliphatic carbocycles. The zero-order valence-corrected chi connectivity index (χ0v) is 19.8. The molecule has 3 aromatic carbocycles. The number of amides is 3. The van der Waals surface area contributed by atoms with Crippen molar-refractivity contribution in [3.8, 4) is 16.9 Å². The molecule has 0 radical (unpaired) electrons. The van der Waals surface area contributed by atoms with Crippen LogP contribution in [0.5, 0.6) is 5.75 Å². The Kier molecular flexibility index (Phi) is 6.52. The number of hydrogen-bond acceptors (Lipinski definition) is 4. The number of halogens is 4. The van der Waals surface area contributed by atoms with Gasteiger partial charge in [0, 0.05) is 13.1 Å². The van der Waals surface area contributed by atoms with Crippen molar-refractivity contribution < 1.29 is 36.7 Å². The van der Waals surface area contributed by atoms with Crippen LogP contribution in [0.4, 0.5) is 23.2 Å². The van der Waals surface area contributed by atoms with Crippen molar-refractivity contribution in [2.45, 2.75) is 12.2 Å². The van der Waals surface area contributed by atoms with Crippen LogP contribution in [0, 0.1) is 5.82 Å². The molecule has 1 unspecified atom stereocenters. The van der Waals surface area contributed by atoms with Gasteiger partial charge in [-0.1, -0.05) is 30.3 Å². The van der Waals surface area contributed by atoms with Crippen molar-refractivity contribution in [2.24, 2.45) is 0 Å². The maximum Gasteiger partial charge on any atom is 0.419 e. The summed E-state index contributed by atoms with van der Waals surface area (Å²) in [6.45, 7) is -0.0172. The number of para-hydroxylation sites is 1. The number of hydrogen-bond donors (Lipinski definition) is 1. The summed E-state index contributed by atoms with van der Waals surface area (Å²) in [6, 6.07) is 14.7. The molecule has 1 saturated heterocycles. The maximum absolute atomic E-state index is 13.8. The van der Waals surface area contributed by atoms with Crippen molar-refractivity contribution >= 4 is 23.4 Å². The van der Waals surface area contributed by atoms with E-state index in [9.17, 15) is 31.9 Å². The van der Waals surface area contributed by atoms with Gasteiger partial charge in [-0.15, -0.1) is 0 Å². The Balaban J connectivity index is 1.36. The van der Waals surface area contributed by atoms with Crippen LogP contribution in [-0.2, 0) is 15.8 Å². The van der Waals surface area contributed by atoms with E-state index in [1.54, 1.807) is 24.3 Å². The van der Waals surface area contributed by atoms with Crippen molar-refractivity contribution in [1.29, 1.82) is 0 Å². The van der Waals surface area contributed by atoms with E-state index in [0.29, 0.717) is 11.8 Å². The van der Waals surface area contributed by atoms with Gasteiger partial charge in [0.05, 0.1) is 23.4 Å². The summed E-state index contributed by atoms with van der Waals surface area (Å²) in [7, 11) is 0. The first-order chi connectivity index (χ1) is 18.1. The highest BCUT2D eigenvalue weighted by Crippen LogP contribution is 2.36. The molecular formula is C27H21F4N3O4. The molecule has 0 saturated carbocycles. The predicted octanol–water partition coefficient (Wildman–Crippen LogP) is 4.20. The van der Waals surface area contributed by atoms with E-state index in [1.165, 1.54) is 34.1 Å². The van der Waals surface area contributed by atoms with E-state index in [4.69, 9.17) is 4.74 Å². The van der Waals surface area contributed by atoms with Gasteiger partial charge in [-0.05, 0) is 47.5 Å². The Morgan fingerprint density at radius 1 is 0.974 bits per heavy atom. The Morgan fingerprint density at radius 2 is 1.68 bits per heavy atom. The number of fused-ring (bicyclic) bond motifs is 2. The average molecular weight is 527 g/mol. The van der Waals surface area contributed by atoms with Crippen LogP contribution < -0.4 is 10.1 Å². The van der Waals surface area contributed by atoms with E-state index in [1.807, 2.05) is 6.07 Å². The second-order valence-corrected chi connectivity index (χ2v) is 8.90. The minimum atomic E-state index is -4.88. The van der Waals surface area contributed by atoms with E-state index < -0.39 is 35.4 Å². The molecule has 2 heterocycles. The number of nitrogens with zero attached hydrogens (tertiary/aromatic N) is 2. The molecule has 0 spiro atoms. The third kappa shape index (κ3) is 4.91. The fourth-order valence-electron chi connectivity index (χ4n) is 4.53. The summed E-state index contributed by atoms with van der Waals surface area (Å²) in [5.74, 6) is -2.21. The molecule has 1 fully saturated rings. The summed E-state index contributed by atoms with van der Waals surface area (Å²) < 4.78 is 58.9. The van der Waals surface area contributed by atoms with E-state index >= 15 is 0 Å². The van der Waals surface area contributed by atoms with Crippen LogP contribution in [0.3, 0.4) is 0 Å². The number of carbonyl (C=O) groups is 3. The van der Waals surface area contributed by atoms with Crippen molar-refractivity contribution in [3.63, 3.8) is 0 Å². The highest BCUT2D eigenvalue weighted by molar-refractivity contribution is 6.10. The number of ether oxygens (including phenoxy) is 1. The molecule has 38 heavy (non-hydrogen) atoms. The second-order valence-electron chi connectivity index (χ2n) is 8.90. The van der Waals surface area contributed by atoms with Gasteiger partial charge >= 0.3 is 6.18 Å². The van der Waals surface area contributed by atoms with E-state index in [0.717, 1.165) is 6.07 Å². The lowest BCUT2D eigenvalue weighted by atomic mass is 9.99. The van der Waals surface area contributed by atoms with Gasteiger partial charge in [-0.25, -0.2) is 4.39 Å². The largest absolute Gasteiger partial charge is 0.484 e. The Morgan fingerprint density at radius 3 is 2.42 bits per heavy atom. The zero-order valence-electron chi connectivity index (χ0n) is 19.8. The van der Waals surface area contributed by atoms with Gasteiger partial charge in [0.2, 0.25) is 5.91 Å². The fraction of sp³-hybridized carbons (Fsp3) is 0.222. The number of carbonyl (C=O) groups excluding carboxylic acids is 3. The molecule has 3 amide bonds. The molecule has 5 rings (SSSR count). The molecule has 0 aromatic heterocycles. The normalized spacial score (nSPS) is 17.3. The van der Waals surface area contributed by atoms with Gasteiger partial charge in [0.25, 0.3) is 11.8 Å². The Hall–Kier alpha value is -4.41. The van der Waals surface area contributed by atoms with Gasteiger partial charge in [-0.2, -0.15) is 13.2 Å². The highest BCUT2D eigenvalue weighted by atomic mass is 19.4. The van der Waals surface area contributed by atoms with Crippen LogP contribution in [0.2, 0.25) is 0 Å². The monoisotopic (exact) mass is 527 g/mol. The van der Waals surface area contributed by atoms with Crippen molar-refractivity contribution in [1.82, 2.24) is 9.80 Å². The van der Waals surface area contributed by atoms with E-state index in [2.05, 4.69) is 5.32 Å². The molecule has 1 atom stereocenters. The van der Waals surface area contributed by atoms with Gasteiger partial charge in [0.1, 0.15) is 17.6 Å². The molecule has 11 heteroatoms. The first-order valence-corrected chi connectivity index (χ1v) is 11.7. The topological polar surface area (TPSA) is 79.0 Å². The van der Waals surface area contributed by atoms with E-state index in [-0.39, 0.29) is 54.5 Å². The maximum atomic E-state index is 13.8. The Labute approximate surface area is 214 Å². The molecular weight excluding hydrogens is 506 g/mol. The molecule has 7 nitrogen and oxygen atoms in total. The minimum Gasteiger partial charge on any atom is -0.484 e. The SMILES string of the molecule is O=C1Nc2ccc(-c3ccc(F)c(C(F)(F)F)c3)cc2C(=O)N2CCN(C(=O)COc3ccccc3)CC12. The summed E-state index contributed by atoms with van der Waals surface area (Å²) in [5.41, 5.74) is -0.816. The lowest BCUT2D eigenvalue weighted by molar-refractivity contribution is -0.140. The first-order valence-electron chi connectivity index (χ1n) is 11.7. The zero-order chi connectivity index (χ0) is 27.0. The van der Waals surface area contributed by atoms with Crippen LogP contribution in [0.15, 0.2) is 66.7 Å². The van der Waals surface area contributed by atoms with Crippen molar-refractivity contribution in [3.05, 3.63) is 83.7 Å². The predicted molar refractivity (Wildman–Crippen MR) is 129 cm³/mol. The second kappa shape index (κ2) is 9.81. The lowest BCUT2D eigenvalue weighted by Crippen LogP contribution is -2.60. The number of alkyl halides is 3. The van der Waals surface area contributed by atoms with Gasteiger partial charge in [-0.3, -0.25) is 14.4 Å². The summed E-state index contributed by atoms with van der Waals surface area (Å²) >= 11 is 0. The number of rotatable bonds is 4. The Bertz CT molecular complexity index is 1410. The molecule has 2 aliphatic rings. The summed E-state index contributed by atoms with van der Waals surface area (Å²) in [4.78, 5) is 42.0. The summed E-state index contributed by atoms with van der Waals surface area (Å²) in [5, 5.41) is 2.68. The van der Waals surface area contributed by atoms with Crippen LogP contribution in [0.1, 0.15) is 15.9 Å². The number of nitrogens with one attached hydrogen (secondary N) is 1. The number of anilines is 1. The third-order valence-corrected chi connectivity index (χ3v) is 6.52. The van der Waals surface area contributed by atoms with Crippen molar-refractivity contribution in [2.75, 3.05) is 31.6 Å². The van der Waals surface area contributed by atoms with Crippen LogP contribution >= 0.6 is 0 Å². The third-order valence-electron chi connectivity index (χ3n) is 6.52. The molecule has 1 N–H and O–H groups in total. The first kappa shape index (κ1) is 25.2. The van der Waals surface area contributed by atoms with Gasteiger partial charge < -0.3 is 19.9 Å². The number of benzene rings is 3. The fourth-order valence-corrected chi connectivity index (χ4v) is 4.53. The summed E-state index contributed by atoms with van der Waals surface area (Å²) in [6.07, 6.45) is -4.88. The van der Waals surface area contributed by atoms with Gasteiger partial charge in [0.15, 0.2) is 6.61 Å². The minimum absolute atomic E-state index is 0.0394. The quantitative estimate of drug-likeness (QED) is 0.516. The smallest absolute Gasteiger partial charge is 0.419 e. The average Bonchev–Trinajstić information content (AvgIpc) is 3.01. The lowest BCUT2D eigenvalue weighted by Gasteiger charge is -2.39. The van der Waals surface area contributed by atoms with Crippen LogP contribution in [-0.4, -0.2) is 59.8 Å². The number of piperazine rings is 1. The molecule has 196 valence electrons. The molecule has 2 aliphatic heterocycles. The molecule has 3 aromatic rings.